The fraction of sp³-hybridized carbons (Fsp3) is 0.0833. The second-order valence-corrected chi connectivity index (χ2v) is 3.82. The number of hydrazine groups is 1. The van der Waals surface area contributed by atoms with Gasteiger partial charge in [-0.2, -0.15) is 5.10 Å². The molecule has 98 valence electrons. The van der Waals surface area contributed by atoms with Crippen LogP contribution in [0.2, 0.25) is 0 Å². The van der Waals surface area contributed by atoms with Crippen molar-refractivity contribution in [1.29, 1.82) is 0 Å². The molecule has 7 heteroatoms. The summed E-state index contributed by atoms with van der Waals surface area (Å²) in [6, 6.07) is 8.67. The van der Waals surface area contributed by atoms with Gasteiger partial charge in [0, 0.05) is 12.6 Å². The summed E-state index contributed by atoms with van der Waals surface area (Å²) in [5.74, 6) is 4.52. The minimum absolute atomic E-state index is 0.203. The summed E-state index contributed by atoms with van der Waals surface area (Å²) in [4.78, 5) is 23.5. The Balaban J connectivity index is 2.27. The zero-order chi connectivity index (χ0) is 13.8. The van der Waals surface area contributed by atoms with Crippen molar-refractivity contribution in [3.8, 4) is 0 Å². The van der Waals surface area contributed by atoms with Gasteiger partial charge in [-0.1, -0.05) is 18.2 Å². The highest BCUT2D eigenvalue weighted by Gasteiger charge is 2.17. The number of benzene rings is 1. The van der Waals surface area contributed by atoms with Crippen molar-refractivity contribution in [2.75, 3.05) is 5.32 Å². The quantitative estimate of drug-likeness (QED) is 0.418. The molecule has 0 aliphatic heterocycles. The van der Waals surface area contributed by atoms with Crippen LogP contribution in [0.25, 0.3) is 0 Å². The molecule has 2 amide bonds. The van der Waals surface area contributed by atoms with Gasteiger partial charge in [0.1, 0.15) is 11.4 Å². The van der Waals surface area contributed by atoms with E-state index in [1.54, 1.807) is 31.3 Å². The summed E-state index contributed by atoms with van der Waals surface area (Å²) >= 11 is 0. The molecule has 1 aromatic heterocycles. The Morgan fingerprint density at radius 1 is 1.21 bits per heavy atom. The van der Waals surface area contributed by atoms with Crippen LogP contribution >= 0.6 is 0 Å². The normalized spacial score (nSPS) is 10.0. The van der Waals surface area contributed by atoms with Gasteiger partial charge in [0.25, 0.3) is 11.8 Å². The van der Waals surface area contributed by atoms with Crippen molar-refractivity contribution in [2.24, 2.45) is 12.9 Å². The topological polar surface area (TPSA) is 102 Å². The molecule has 0 bridgehead atoms. The number of aromatic nitrogens is 2. The van der Waals surface area contributed by atoms with Gasteiger partial charge in [-0.05, 0) is 12.1 Å². The first-order valence-corrected chi connectivity index (χ1v) is 5.53. The summed E-state index contributed by atoms with van der Waals surface area (Å²) in [7, 11) is 1.62. The fourth-order valence-corrected chi connectivity index (χ4v) is 1.60. The van der Waals surface area contributed by atoms with E-state index >= 15 is 0 Å². The van der Waals surface area contributed by atoms with Crippen molar-refractivity contribution in [3.05, 3.63) is 47.7 Å². The largest absolute Gasteiger partial charge is 0.306 e. The molecule has 2 rings (SSSR count). The van der Waals surface area contributed by atoms with Gasteiger partial charge in [-0.15, -0.1) is 0 Å². The van der Waals surface area contributed by atoms with Gasteiger partial charge in [0.15, 0.2) is 0 Å². The van der Waals surface area contributed by atoms with E-state index in [9.17, 15) is 9.59 Å². The fourth-order valence-electron chi connectivity index (χ4n) is 1.60. The third kappa shape index (κ3) is 2.61. The molecule has 0 saturated heterocycles. The summed E-state index contributed by atoms with van der Waals surface area (Å²) < 4.78 is 1.39. The van der Waals surface area contributed by atoms with E-state index < -0.39 is 5.91 Å². The molecule has 7 nitrogen and oxygen atoms in total. The van der Waals surface area contributed by atoms with Crippen LogP contribution in [0.5, 0.6) is 0 Å². The van der Waals surface area contributed by atoms with Gasteiger partial charge in [0.2, 0.25) is 0 Å². The van der Waals surface area contributed by atoms with Crippen molar-refractivity contribution in [2.45, 2.75) is 0 Å². The molecule has 0 aliphatic carbocycles. The maximum Gasteiger partial charge on any atom is 0.270 e. The smallest absolute Gasteiger partial charge is 0.270 e. The second-order valence-electron chi connectivity index (χ2n) is 3.82. The summed E-state index contributed by atoms with van der Waals surface area (Å²) in [6.07, 6.45) is 1.34. The van der Waals surface area contributed by atoms with E-state index in [2.05, 4.69) is 10.4 Å². The lowest BCUT2D eigenvalue weighted by molar-refractivity contribution is 0.0954. The number of nitrogens with two attached hydrogens (primary N) is 1. The molecule has 0 fully saturated rings. The number of carbonyl (C=O) groups excluding carboxylic acids is 2. The number of rotatable bonds is 3. The highest BCUT2D eigenvalue weighted by atomic mass is 16.2. The van der Waals surface area contributed by atoms with Crippen LogP contribution in [-0.2, 0) is 7.05 Å². The molecule has 0 spiro atoms. The molecule has 2 aromatic rings. The summed E-state index contributed by atoms with van der Waals surface area (Å²) in [6.45, 7) is 0. The first kappa shape index (κ1) is 12.8. The number of amides is 2. The van der Waals surface area contributed by atoms with Crippen molar-refractivity contribution < 1.29 is 9.59 Å². The van der Waals surface area contributed by atoms with E-state index in [4.69, 9.17) is 5.84 Å². The Morgan fingerprint density at radius 3 is 2.53 bits per heavy atom. The Bertz CT molecular complexity index is 606. The van der Waals surface area contributed by atoms with Crippen LogP contribution in [-0.4, -0.2) is 21.6 Å². The summed E-state index contributed by atoms with van der Waals surface area (Å²) in [5.41, 5.74) is 2.70. The van der Waals surface area contributed by atoms with Gasteiger partial charge in [-0.3, -0.25) is 19.7 Å². The average Bonchev–Trinajstić information content (AvgIpc) is 2.80. The first-order chi connectivity index (χ1) is 9.13. The van der Waals surface area contributed by atoms with Crippen LogP contribution in [0.4, 0.5) is 5.82 Å². The Morgan fingerprint density at radius 2 is 1.89 bits per heavy atom. The Kier molecular flexibility index (Phi) is 3.58. The number of anilines is 1. The number of carbonyl (C=O) groups is 2. The lowest BCUT2D eigenvalue weighted by atomic mass is 10.2. The highest BCUT2D eigenvalue weighted by molar-refractivity contribution is 6.08. The maximum absolute atomic E-state index is 12.0. The number of nitrogen functional groups attached to an aromatic ring is 1. The molecule has 19 heavy (non-hydrogen) atoms. The third-order valence-corrected chi connectivity index (χ3v) is 2.58. The molecular weight excluding hydrogens is 246 g/mol. The van der Waals surface area contributed by atoms with Crippen LogP contribution in [0, 0.1) is 0 Å². The monoisotopic (exact) mass is 259 g/mol. The molecule has 0 atom stereocenters. The average molecular weight is 259 g/mol. The molecule has 4 N–H and O–H groups in total. The van der Waals surface area contributed by atoms with Crippen LogP contribution in [0.3, 0.4) is 0 Å². The number of hydrogen-bond donors (Lipinski definition) is 3. The standard InChI is InChI=1S/C12H13N5O2/c1-17-10(9(7-14-17)12(19)16-13)15-11(18)8-5-3-2-4-6-8/h2-7H,13H2,1H3,(H,15,18)(H,16,19). The van der Waals surface area contributed by atoms with E-state index in [-0.39, 0.29) is 17.3 Å². The van der Waals surface area contributed by atoms with Crippen molar-refractivity contribution in [3.63, 3.8) is 0 Å². The predicted octanol–water partition coefficient (Wildman–Crippen LogP) is 0.276. The van der Waals surface area contributed by atoms with E-state index in [1.165, 1.54) is 10.9 Å². The van der Waals surface area contributed by atoms with Crippen LogP contribution < -0.4 is 16.6 Å². The molecule has 1 aromatic carbocycles. The number of hydrogen-bond acceptors (Lipinski definition) is 4. The lowest BCUT2D eigenvalue weighted by Crippen LogP contribution is -2.30. The Hall–Kier alpha value is -2.67. The van der Waals surface area contributed by atoms with Crippen LogP contribution in [0.1, 0.15) is 20.7 Å². The summed E-state index contributed by atoms with van der Waals surface area (Å²) in [5, 5.41) is 6.55. The molecule has 0 saturated carbocycles. The maximum atomic E-state index is 12.0. The zero-order valence-corrected chi connectivity index (χ0v) is 10.3. The third-order valence-electron chi connectivity index (χ3n) is 2.58. The predicted molar refractivity (Wildman–Crippen MR) is 69.3 cm³/mol. The van der Waals surface area contributed by atoms with Gasteiger partial charge < -0.3 is 5.32 Å². The number of nitrogens with zero attached hydrogens (tertiary/aromatic N) is 2. The highest BCUT2D eigenvalue weighted by Crippen LogP contribution is 2.15. The Labute approximate surface area is 109 Å². The lowest BCUT2D eigenvalue weighted by Gasteiger charge is -2.07. The first-order valence-electron chi connectivity index (χ1n) is 5.53. The van der Waals surface area contributed by atoms with Gasteiger partial charge >= 0.3 is 0 Å². The van der Waals surface area contributed by atoms with E-state index in [1.807, 2.05) is 11.5 Å². The van der Waals surface area contributed by atoms with Crippen LogP contribution in [0.15, 0.2) is 36.5 Å². The minimum Gasteiger partial charge on any atom is -0.306 e. The van der Waals surface area contributed by atoms with E-state index in [0.29, 0.717) is 5.56 Å². The second kappa shape index (κ2) is 5.32. The molecular formula is C12H13N5O2. The molecule has 0 radical (unpaired) electrons. The number of aryl methyl sites for hydroxylation is 1. The van der Waals surface area contributed by atoms with E-state index in [0.717, 1.165) is 0 Å². The zero-order valence-electron chi connectivity index (χ0n) is 10.3. The molecule has 0 unspecified atom stereocenters. The molecule has 0 aliphatic rings. The minimum atomic E-state index is -0.517. The SMILES string of the molecule is Cn1ncc(C(=O)NN)c1NC(=O)c1ccccc1. The van der Waals surface area contributed by atoms with Crippen molar-refractivity contribution in [1.82, 2.24) is 15.2 Å². The molecule has 1 heterocycles. The number of nitrogens with one attached hydrogen (secondary N) is 2. The van der Waals surface area contributed by atoms with Crippen molar-refractivity contribution >= 4 is 17.6 Å². The van der Waals surface area contributed by atoms with Gasteiger partial charge in [-0.25, -0.2) is 5.84 Å². The van der Waals surface area contributed by atoms with Gasteiger partial charge in [0.05, 0.1) is 6.20 Å².